The van der Waals surface area contributed by atoms with Crippen molar-refractivity contribution in [1.82, 2.24) is 0 Å². The topological polar surface area (TPSA) is 0 Å². The molecule has 0 saturated carbocycles. The number of rotatable bonds is 1. The van der Waals surface area contributed by atoms with Crippen molar-refractivity contribution in [2.75, 3.05) is 0 Å². The molecule has 13 heavy (non-hydrogen) atoms. The molecule has 0 aliphatic heterocycles. The molecule has 1 aromatic rings. The molecular formula is C12H19F. The smallest absolute Gasteiger partial charge is 0.130 e. The molecule has 0 heterocycles. The summed E-state index contributed by atoms with van der Waals surface area (Å²) >= 11 is 0. The molecule has 0 bridgehead atoms. The molecule has 0 N–H and O–H groups in total. The minimum absolute atomic E-state index is 0.748. The van der Waals surface area contributed by atoms with Crippen LogP contribution in [0.25, 0.3) is 0 Å². The fourth-order valence-corrected chi connectivity index (χ4v) is 1.01. The van der Waals surface area contributed by atoms with Crippen molar-refractivity contribution in [2.45, 2.75) is 40.3 Å². The molecule has 0 aromatic heterocycles. The summed E-state index contributed by atoms with van der Waals surface area (Å²) in [5.74, 6) is 0. The fourth-order valence-electron chi connectivity index (χ4n) is 1.01. The van der Waals surface area contributed by atoms with E-state index in [2.05, 4.69) is 0 Å². The van der Waals surface area contributed by atoms with E-state index in [0.29, 0.717) is 0 Å². The monoisotopic (exact) mass is 182 g/mol. The predicted molar refractivity (Wildman–Crippen MR) is 56.7 cm³/mol. The Morgan fingerprint density at radius 3 is 2.00 bits per heavy atom. The van der Waals surface area contributed by atoms with Gasteiger partial charge in [0.1, 0.15) is 5.67 Å². The molecule has 74 valence electrons. The van der Waals surface area contributed by atoms with Gasteiger partial charge in [-0.2, -0.15) is 0 Å². The van der Waals surface area contributed by atoms with Crippen LogP contribution in [0.2, 0.25) is 0 Å². The number of hydrogen-bond acceptors (Lipinski definition) is 0. The first-order valence-electron chi connectivity index (χ1n) is 4.76. The van der Waals surface area contributed by atoms with Gasteiger partial charge in [-0.1, -0.05) is 43.7 Å². The van der Waals surface area contributed by atoms with Crippen LogP contribution in [-0.2, 0) is 5.67 Å². The summed E-state index contributed by atoms with van der Waals surface area (Å²) < 4.78 is 13.3. The van der Waals surface area contributed by atoms with E-state index in [1.165, 1.54) is 0 Å². The molecule has 0 spiro atoms. The first kappa shape index (κ1) is 12.2. The highest BCUT2D eigenvalue weighted by atomic mass is 19.1. The molecule has 0 nitrogen and oxygen atoms in total. The van der Waals surface area contributed by atoms with E-state index < -0.39 is 5.67 Å². The molecule has 0 aliphatic carbocycles. The lowest BCUT2D eigenvalue weighted by Gasteiger charge is -2.14. The second kappa shape index (κ2) is 5.00. The minimum Gasteiger partial charge on any atom is -0.239 e. The highest BCUT2D eigenvalue weighted by Crippen LogP contribution is 2.24. The standard InChI is InChI=1S/C10H13F.C2H6/c1-8-5-4-6-9(7-8)10(2,3)11;1-2/h4-7H,1-3H3;1-2H3. The average molecular weight is 182 g/mol. The average Bonchev–Trinajstić information content (AvgIpc) is 2.06. The molecule has 0 amide bonds. The zero-order valence-electron chi connectivity index (χ0n) is 9.19. The first-order valence-corrected chi connectivity index (χ1v) is 4.76. The maximum Gasteiger partial charge on any atom is 0.130 e. The summed E-state index contributed by atoms with van der Waals surface area (Å²) in [5, 5.41) is 0. The van der Waals surface area contributed by atoms with Crippen LogP contribution >= 0.6 is 0 Å². The molecule has 0 fully saturated rings. The maximum absolute atomic E-state index is 13.3. The Kier molecular flexibility index (Phi) is 4.68. The molecule has 0 saturated heterocycles. The van der Waals surface area contributed by atoms with Crippen molar-refractivity contribution >= 4 is 0 Å². The van der Waals surface area contributed by atoms with Gasteiger partial charge in [-0.15, -0.1) is 0 Å². The van der Waals surface area contributed by atoms with Crippen LogP contribution in [0, 0.1) is 6.92 Å². The van der Waals surface area contributed by atoms with Gasteiger partial charge in [-0.05, 0) is 26.3 Å². The van der Waals surface area contributed by atoms with Crippen LogP contribution in [0.5, 0.6) is 0 Å². The summed E-state index contributed by atoms with van der Waals surface area (Å²) in [5.41, 5.74) is 0.636. The lowest BCUT2D eigenvalue weighted by Crippen LogP contribution is -2.08. The van der Waals surface area contributed by atoms with Crippen LogP contribution in [0.4, 0.5) is 4.39 Å². The largest absolute Gasteiger partial charge is 0.239 e. The third-order valence-electron chi connectivity index (χ3n) is 1.70. The molecule has 0 unspecified atom stereocenters. The van der Waals surface area contributed by atoms with Crippen LogP contribution in [0.15, 0.2) is 24.3 Å². The first-order chi connectivity index (χ1) is 6.00. The van der Waals surface area contributed by atoms with E-state index in [0.717, 1.165) is 11.1 Å². The Hall–Kier alpha value is -0.850. The number of hydrogen-bond donors (Lipinski definition) is 0. The number of aryl methyl sites for hydroxylation is 1. The minimum atomic E-state index is -1.22. The summed E-state index contributed by atoms with van der Waals surface area (Å²) in [6.45, 7) is 9.11. The molecule has 1 rings (SSSR count). The molecule has 0 atom stereocenters. The summed E-state index contributed by atoms with van der Waals surface area (Å²) in [4.78, 5) is 0. The van der Waals surface area contributed by atoms with E-state index in [9.17, 15) is 4.39 Å². The van der Waals surface area contributed by atoms with Gasteiger partial charge in [0.05, 0.1) is 0 Å². The van der Waals surface area contributed by atoms with Gasteiger partial charge >= 0.3 is 0 Å². The van der Waals surface area contributed by atoms with Gasteiger partial charge in [0, 0.05) is 0 Å². The van der Waals surface area contributed by atoms with E-state index in [4.69, 9.17) is 0 Å². The molecule has 1 heteroatoms. The van der Waals surface area contributed by atoms with Crippen LogP contribution < -0.4 is 0 Å². The zero-order chi connectivity index (χ0) is 10.5. The van der Waals surface area contributed by atoms with Crippen LogP contribution in [0.1, 0.15) is 38.8 Å². The second-order valence-corrected chi connectivity index (χ2v) is 3.34. The Morgan fingerprint density at radius 1 is 1.15 bits per heavy atom. The van der Waals surface area contributed by atoms with Crippen molar-refractivity contribution in [1.29, 1.82) is 0 Å². The van der Waals surface area contributed by atoms with Crippen LogP contribution in [-0.4, -0.2) is 0 Å². The third-order valence-corrected chi connectivity index (χ3v) is 1.70. The van der Waals surface area contributed by atoms with E-state index in [1.54, 1.807) is 13.8 Å². The van der Waals surface area contributed by atoms with Crippen molar-refractivity contribution in [2.24, 2.45) is 0 Å². The normalized spacial score (nSPS) is 10.3. The van der Waals surface area contributed by atoms with Crippen molar-refractivity contribution < 1.29 is 4.39 Å². The van der Waals surface area contributed by atoms with Gasteiger partial charge in [-0.25, -0.2) is 4.39 Å². The summed E-state index contributed by atoms with van der Waals surface area (Å²) in [6, 6.07) is 7.54. The van der Waals surface area contributed by atoms with Gasteiger partial charge in [0.25, 0.3) is 0 Å². The van der Waals surface area contributed by atoms with E-state index >= 15 is 0 Å². The zero-order valence-corrected chi connectivity index (χ0v) is 9.19. The van der Waals surface area contributed by atoms with Gasteiger partial charge < -0.3 is 0 Å². The lowest BCUT2D eigenvalue weighted by molar-refractivity contribution is 0.221. The second-order valence-electron chi connectivity index (χ2n) is 3.34. The van der Waals surface area contributed by atoms with Crippen molar-refractivity contribution in [3.8, 4) is 0 Å². The summed E-state index contributed by atoms with van der Waals surface area (Å²) in [7, 11) is 0. The molecule has 0 aliphatic rings. The highest BCUT2D eigenvalue weighted by Gasteiger charge is 2.17. The third kappa shape index (κ3) is 4.07. The molecule has 0 radical (unpaired) electrons. The Labute approximate surface area is 80.8 Å². The van der Waals surface area contributed by atoms with Gasteiger partial charge in [-0.3, -0.25) is 0 Å². The van der Waals surface area contributed by atoms with Gasteiger partial charge in [0.2, 0.25) is 0 Å². The Morgan fingerprint density at radius 2 is 1.69 bits per heavy atom. The maximum atomic E-state index is 13.3. The van der Waals surface area contributed by atoms with E-state index in [1.807, 2.05) is 45.0 Å². The lowest BCUT2D eigenvalue weighted by atomic mass is 9.99. The number of alkyl halides is 1. The Balaban J connectivity index is 0.000000671. The van der Waals surface area contributed by atoms with E-state index in [-0.39, 0.29) is 0 Å². The summed E-state index contributed by atoms with van der Waals surface area (Å²) in [6.07, 6.45) is 0. The molecule has 1 aromatic carbocycles. The predicted octanol–water partition coefficient (Wildman–Crippen LogP) is 4.23. The Bertz CT molecular complexity index is 246. The van der Waals surface area contributed by atoms with Crippen molar-refractivity contribution in [3.05, 3.63) is 35.4 Å². The fraction of sp³-hybridized carbons (Fsp3) is 0.500. The number of halogens is 1. The molecular weight excluding hydrogens is 163 g/mol. The van der Waals surface area contributed by atoms with Crippen molar-refractivity contribution in [3.63, 3.8) is 0 Å². The SMILES string of the molecule is CC.Cc1cccc(C(C)(C)F)c1. The number of benzene rings is 1. The highest BCUT2D eigenvalue weighted by molar-refractivity contribution is 5.26. The van der Waals surface area contributed by atoms with Crippen LogP contribution in [0.3, 0.4) is 0 Å². The quantitative estimate of drug-likeness (QED) is 0.609. The van der Waals surface area contributed by atoms with Gasteiger partial charge in [0.15, 0.2) is 0 Å².